The second-order valence-electron chi connectivity index (χ2n) is 7.20. The van der Waals surface area contributed by atoms with Gasteiger partial charge in [-0.15, -0.1) is 0 Å². The van der Waals surface area contributed by atoms with Crippen LogP contribution in [0.2, 0.25) is 0 Å². The smallest absolute Gasteiger partial charge is 0.243 e. The Morgan fingerprint density at radius 3 is 2.79 bits per heavy atom. The molecule has 0 aliphatic carbocycles. The van der Waals surface area contributed by atoms with E-state index in [0.717, 1.165) is 63.3 Å². The summed E-state index contributed by atoms with van der Waals surface area (Å²) < 4.78 is 5.54. The molecule has 6 nitrogen and oxygen atoms in total. The minimum absolute atomic E-state index is 0.120. The molecule has 0 aromatic carbocycles. The van der Waals surface area contributed by atoms with Gasteiger partial charge in [-0.2, -0.15) is 4.98 Å². The van der Waals surface area contributed by atoms with Gasteiger partial charge in [-0.05, 0) is 45.6 Å². The molecule has 0 N–H and O–H groups in total. The third-order valence-electron chi connectivity index (χ3n) is 5.58. The van der Waals surface area contributed by atoms with Crippen LogP contribution in [0.25, 0.3) is 0 Å². The van der Waals surface area contributed by atoms with E-state index in [1.54, 1.807) is 6.92 Å². The molecule has 134 valence electrons. The van der Waals surface area contributed by atoms with Crippen molar-refractivity contribution in [3.05, 3.63) is 11.7 Å². The van der Waals surface area contributed by atoms with Gasteiger partial charge < -0.3 is 9.42 Å². The van der Waals surface area contributed by atoms with Crippen LogP contribution in [0, 0.1) is 0 Å². The van der Waals surface area contributed by atoms with Crippen molar-refractivity contribution in [2.45, 2.75) is 83.8 Å². The molecule has 0 unspecified atom stereocenters. The van der Waals surface area contributed by atoms with E-state index in [2.05, 4.69) is 33.8 Å². The monoisotopic (exact) mass is 334 g/mol. The lowest BCUT2D eigenvalue weighted by atomic mass is 10.0. The molecule has 24 heavy (non-hydrogen) atoms. The van der Waals surface area contributed by atoms with Crippen molar-refractivity contribution in [1.29, 1.82) is 0 Å². The highest BCUT2D eigenvalue weighted by Crippen LogP contribution is 2.35. The Kier molecular flexibility index (Phi) is 5.54. The van der Waals surface area contributed by atoms with Gasteiger partial charge in [0.2, 0.25) is 11.8 Å². The van der Waals surface area contributed by atoms with Crippen LogP contribution < -0.4 is 0 Å². The average Bonchev–Trinajstić information content (AvgIpc) is 3.30. The highest BCUT2D eigenvalue weighted by Gasteiger charge is 2.41. The van der Waals surface area contributed by atoms with E-state index in [1.165, 1.54) is 6.42 Å². The number of hydrogen-bond acceptors (Lipinski definition) is 5. The summed E-state index contributed by atoms with van der Waals surface area (Å²) in [6.45, 7) is 7.96. The lowest BCUT2D eigenvalue weighted by Crippen LogP contribution is -2.48. The Bertz CT molecular complexity index is 559. The minimum atomic E-state index is 0.120. The van der Waals surface area contributed by atoms with Gasteiger partial charge in [0.1, 0.15) is 0 Å². The van der Waals surface area contributed by atoms with E-state index in [4.69, 9.17) is 4.52 Å². The van der Waals surface area contributed by atoms with E-state index in [0.29, 0.717) is 12.1 Å². The van der Waals surface area contributed by atoms with Crippen molar-refractivity contribution in [3.63, 3.8) is 0 Å². The molecule has 3 atom stereocenters. The summed E-state index contributed by atoms with van der Waals surface area (Å²) in [5, 5.41) is 4.13. The van der Waals surface area contributed by atoms with Gasteiger partial charge in [-0.25, -0.2) is 0 Å². The van der Waals surface area contributed by atoms with Crippen LogP contribution in [-0.2, 0) is 11.2 Å². The summed E-state index contributed by atoms with van der Waals surface area (Å²) in [6.07, 6.45) is 7.66. The summed E-state index contributed by atoms with van der Waals surface area (Å²) in [6, 6.07) is 0.877. The molecule has 0 saturated carbocycles. The van der Waals surface area contributed by atoms with Gasteiger partial charge in [0.15, 0.2) is 5.82 Å². The number of nitrogens with zero attached hydrogens (tertiary/aromatic N) is 4. The predicted molar refractivity (Wildman–Crippen MR) is 91.5 cm³/mol. The van der Waals surface area contributed by atoms with Crippen molar-refractivity contribution in [2.75, 3.05) is 13.1 Å². The number of rotatable bonds is 6. The lowest BCUT2D eigenvalue weighted by Gasteiger charge is -2.36. The molecule has 1 amide bonds. The lowest BCUT2D eigenvalue weighted by molar-refractivity contribution is -0.130. The summed E-state index contributed by atoms with van der Waals surface area (Å²) in [7, 11) is 0. The second-order valence-corrected chi connectivity index (χ2v) is 7.20. The topological polar surface area (TPSA) is 62.5 Å². The second kappa shape index (κ2) is 7.64. The van der Waals surface area contributed by atoms with E-state index >= 15 is 0 Å². The van der Waals surface area contributed by atoms with Gasteiger partial charge in [0.05, 0.1) is 6.04 Å². The van der Waals surface area contributed by atoms with Crippen LogP contribution in [0.5, 0.6) is 0 Å². The van der Waals surface area contributed by atoms with E-state index < -0.39 is 0 Å². The highest BCUT2D eigenvalue weighted by molar-refractivity contribution is 5.74. The summed E-state index contributed by atoms with van der Waals surface area (Å²) >= 11 is 0. The molecule has 0 radical (unpaired) electrons. The fraction of sp³-hybridized carbons (Fsp3) is 0.833. The Balaban J connectivity index is 1.70. The zero-order chi connectivity index (χ0) is 17.1. The van der Waals surface area contributed by atoms with Crippen LogP contribution in [0.15, 0.2) is 4.52 Å². The maximum atomic E-state index is 11.9. The average molecular weight is 334 g/mol. The highest BCUT2D eigenvalue weighted by atomic mass is 16.5. The maximum absolute atomic E-state index is 11.9. The molecule has 1 aromatic rings. The number of unbranched alkanes of at least 4 members (excludes halogenated alkanes) is 1. The van der Waals surface area contributed by atoms with Gasteiger partial charge in [0.25, 0.3) is 0 Å². The first-order chi connectivity index (χ1) is 11.6. The molecule has 2 aliphatic rings. The Morgan fingerprint density at radius 1 is 1.29 bits per heavy atom. The molecule has 6 heteroatoms. The molecule has 2 aliphatic heterocycles. The van der Waals surface area contributed by atoms with Crippen molar-refractivity contribution in [1.82, 2.24) is 19.9 Å². The molecular formula is C18H30N4O2. The SMILES string of the molecule is CCCCc1noc([C@H](C)N2CCC[C@@H]2[C@@H]2CCCN2C(C)=O)n1. The number of aromatic nitrogens is 2. The fourth-order valence-corrected chi connectivity index (χ4v) is 4.31. The van der Waals surface area contributed by atoms with E-state index in [9.17, 15) is 4.79 Å². The summed E-state index contributed by atoms with van der Waals surface area (Å²) in [4.78, 5) is 21.1. The number of likely N-dealkylation sites (tertiary alicyclic amines) is 2. The van der Waals surface area contributed by atoms with Gasteiger partial charge in [0, 0.05) is 32.0 Å². The van der Waals surface area contributed by atoms with Crippen molar-refractivity contribution >= 4 is 5.91 Å². The number of carbonyl (C=O) groups excluding carboxylic acids is 1. The zero-order valence-corrected chi connectivity index (χ0v) is 15.2. The quantitative estimate of drug-likeness (QED) is 0.800. The number of hydrogen-bond donors (Lipinski definition) is 0. The summed E-state index contributed by atoms with van der Waals surface area (Å²) in [5.41, 5.74) is 0. The Hall–Kier alpha value is -1.43. The van der Waals surface area contributed by atoms with E-state index in [-0.39, 0.29) is 11.9 Å². The first-order valence-corrected chi connectivity index (χ1v) is 9.47. The molecule has 2 fully saturated rings. The Morgan fingerprint density at radius 2 is 2.04 bits per heavy atom. The molecular weight excluding hydrogens is 304 g/mol. The van der Waals surface area contributed by atoms with Crippen LogP contribution in [0.1, 0.15) is 77.1 Å². The largest absolute Gasteiger partial charge is 0.338 e. The molecule has 2 saturated heterocycles. The van der Waals surface area contributed by atoms with Crippen LogP contribution >= 0.6 is 0 Å². The van der Waals surface area contributed by atoms with Crippen molar-refractivity contribution in [3.8, 4) is 0 Å². The molecule has 0 spiro atoms. The van der Waals surface area contributed by atoms with Crippen LogP contribution in [0.4, 0.5) is 0 Å². The standard InChI is InChI=1S/C18H30N4O2/c1-4-5-10-17-19-18(24-20-17)13(2)21-11-6-8-15(21)16-9-7-12-22(16)14(3)23/h13,15-16H,4-12H2,1-3H3/t13-,15+,16-/m0/s1. The summed E-state index contributed by atoms with van der Waals surface area (Å²) in [5.74, 6) is 1.75. The van der Waals surface area contributed by atoms with Gasteiger partial charge >= 0.3 is 0 Å². The van der Waals surface area contributed by atoms with Crippen LogP contribution in [0.3, 0.4) is 0 Å². The van der Waals surface area contributed by atoms with Crippen LogP contribution in [-0.4, -0.2) is 51.0 Å². The van der Waals surface area contributed by atoms with Crippen molar-refractivity contribution < 1.29 is 9.32 Å². The number of amides is 1. The first-order valence-electron chi connectivity index (χ1n) is 9.47. The number of carbonyl (C=O) groups is 1. The molecule has 0 bridgehead atoms. The third kappa shape index (κ3) is 3.48. The minimum Gasteiger partial charge on any atom is -0.338 e. The van der Waals surface area contributed by atoms with Gasteiger partial charge in [-0.1, -0.05) is 18.5 Å². The third-order valence-corrected chi connectivity index (χ3v) is 5.58. The predicted octanol–water partition coefficient (Wildman–Crippen LogP) is 2.95. The fourth-order valence-electron chi connectivity index (χ4n) is 4.31. The zero-order valence-electron chi connectivity index (χ0n) is 15.2. The molecule has 3 heterocycles. The maximum Gasteiger partial charge on any atom is 0.243 e. The number of aryl methyl sites for hydroxylation is 1. The molecule has 3 rings (SSSR count). The Labute approximate surface area is 144 Å². The normalized spacial score (nSPS) is 26.2. The van der Waals surface area contributed by atoms with E-state index in [1.807, 2.05) is 0 Å². The van der Waals surface area contributed by atoms with Crippen molar-refractivity contribution in [2.24, 2.45) is 0 Å². The molecule has 1 aromatic heterocycles. The van der Waals surface area contributed by atoms with Gasteiger partial charge in [-0.3, -0.25) is 9.69 Å². The first kappa shape index (κ1) is 17.4.